The second-order valence-corrected chi connectivity index (χ2v) is 9.64. The Balaban J connectivity index is 1.71. The molecule has 4 rings (SSSR count). The lowest BCUT2D eigenvalue weighted by atomic mass is 10.1. The van der Waals surface area contributed by atoms with Gasteiger partial charge in [-0.05, 0) is 43.0 Å². The van der Waals surface area contributed by atoms with Crippen LogP contribution in [0.3, 0.4) is 0 Å². The molecule has 1 fully saturated rings. The third-order valence-corrected chi connectivity index (χ3v) is 6.53. The highest BCUT2D eigenvalue weighted by Gasteiger charge is 2.32. The number of nitrogens with zero attached hydrogens (tertiary/aromatic N) is 3. The summed E-state index contributed by atoms with van der Waals surface area (Å²) in [4.78, 5) is 12.1. The van der Waals surface area contributed by atoms with E-state index in [4.69, 9.17) is 4.98 Å². The van der Waals surface area contributed by atoms with E-state index in [1.807, 2.05) is 29.2 Å². The molecule has 0 aliphatic carbocycles. The number of pyridine rings is 2. The monoisotopic (exact) mass is 440 g/mol. The van der Waals surface area contributed by atoms with Crippen LogP contribution in [0.25, 0.3) is 16.6 Å². The van der Waals surface area contributed by atoms with Crippen LogP contribution >= 0.6 is 10.5 Å². The molecule has 7 heteroatoms. The highest BCUT2D eigenvalue weighted by molar-refractivity contribution is 8.13. The molecule has 162 valence electrons. The lowest BCUT2D eigenvalue weighted by Crippen LogP contribution is -2.28. The van der Waals surface area contributed by atoms with Gasteiger partial charge in [0.1, 0.15) is 5.82 Å². The highest BCUT2D eigenvalue weighted by atomic mass is 32.2. The van der Waals surface area contributed by atoms with Crippen molar-refractivity contribution in [2.75, 3.05) is 29.6 Å². The van der Waals surface area contributed by atoms with Gasteiger partial charge in [0, 0.05) is 65.6 Å². The van der Waals surface area contributed by atoms with E-state index in [0.29, 0.717) is 24.5 Å². The van der Waals surface area contributed by atoms with Crippen molar-refractivity contribution in [2.45, 2.75) is 30.1 Å². The summed E-state index contributed by atoms with van der Waals surface area (Å²) in [6.45, 7) is 5.04. The van der Waals surface area contributed by atoms with Gasteiger partial charge >= 0.3 is 0 Å². The fourth-order valence-corrected chi connectivity index (χ4v) is 4.42. The van der Waals surface area contributed by atoms with Crippen molar-refractivity contribution >= 4 is 44.5 Å². The number of halogens is 2. The largest absolute Gasteiger partial charge is 0.356 e. The Morgan fingerprint density at radius 3 is 2.84 bits per heavy atom. The maximum atomic E-state index is 14.0. The van der Waals surface area contributed by atoms with Crippen LogP contribution in [0, 0.1) is 0 Å². The maximum Gasteiger partial charge on any atom is 0.249 e. The predicted octanol–water partition coefficient (Wildman–Crippen LogP) is 6.03. The number of fused-ring (bicyclic) bond motifs is 1. The van der Waals surface area contributed by atoms with E-state index in [1.165, 1.54) is 0 Å². The number of rotatable bonds is 5. The number of hydrogen-bond acceptors (Lipinski definition) is 4. The third-order valence-electron chi connectivity index (χ3n) is 5.47. The van der Waals surface area contributed by atoms with Crippen LogP contribution < -0.4 is 10.2 Å². The fraction of sp³-hybridized carbons (Fsp3) is 0.292. The molecule has 31 heavy (non-hydrogen) atoms. The molecule has 2 aromatic heterocycles. The van der Waals surface area contributed by atoms with E-state index in [1.54, 1.807) is 12.4 Å². The molecule has 0 spiro atoms. The summed E-state index contributed by atoms with van der Waals surface area (Å²) in [5.74, 6) is 2.16. The minimum absolute atomic E-state index is 0.0909. The standard InChI is InChI=1S/C24H26F2N4S/c1-17(28-19-6-4-7-20(15-19)31(2)3)21-14-18-16-27-11-8-22(18)29-23(21)30-12-5-9-24(25,26)10-13-30/h4,6-8,11,14-16,28H,1-2,5,9-10,12-13H2,3H3. The van der Waals surface area contributed by atoms with Gasteiger partial charge in [-0.1, -0.05) is 18.5 Å². The number of alkyl halides is 2. The molecule has 1 atom stereocenters. The molecule has 0 radical (unpaired) electrons. The summed E-state index contributed by atoms with van der Waals surface area (Å²) in [6.07, 6.45) is 5.67. The molecule has 1 aliphatic rings. The average Bonchev–Trinajstić information content (AvgIpc) is 2.93. The number of benzene rings is 1. The summed E-state index contributed by atoms with van der Waals surface area (Å²) in [5.41, 5.74) is 3.15. The first-order valence-electron chi connectivity index (χ1n) is 10.2. The molecule has 1 unspecified atom stereocenters. The first kappa shape index (κ1) is 21.4. The van der Waals surface area contributed by atoms with Crippen LogP contribution in [0.5, 0.6) is 0 Å². The Bertz CT molecular complexity index is 1150. The van der Waals surface area contributed by atoms with E-state index >= 15 is 0 Å². The summed E-state index contributed by atoms with van der Waals surface area (Å²) in [7, 11) is -0.104. The molecular weight excluding hydrogens is 414 g/mol. The van der Waals surface area contributed by atoms with E-state index in [-0.39, 0.29) is 29.9 Å². The molecular formula is C24H26F2N4S. The second kappa shape index (κ2) is 8.75. The Labute approximate surface area is 183 Å². The van der Waals surface area contributed by atoms with Gasteiger partial charge in [-0.25, -0.2) is 13.8 Å². The van der Waals surface area contributed by atoms with Crippen molar-refractivity contribution in [1.82, 2.24) is 9.97 Å². The van der Waals surface area contributed by atoms with Gasteiger partial charge in [0.05, 0.1) is 5.52 Å². The topological polar surface area (TPSA) is 41.1 Å². The van der Waals surface area contributed by atoms with Gasteiger partial charge in [-0.3, -0.25) is 4.98 Å². The lowest BCUT2D eigenvalue weighted by molar-refractivity contribution is -0.0102. The third kappa shape index (κ3) is 4.93. The number of aromatic nitrogens is 2. The number of anilines is 2. The lowest BCUT2D eigenvalue weighted by Gasteiger charge is -2.26. The molecule has 3 aromatic rings. The molecule has 0 saturated carbocycles. The summed E-state index contributed by atoms with van der Waals surface area (Å²) in [5, 5.41) is 4.26. The molecule has 1 N–H and O–H groups in total. The summed E-state index contributed by atoms with van der Waals surface area (Å²) in [6, 6.07) is 11.9. The first-order chi connectivity index (χ1) is 14.8. The van der Waals surface area contributed by atoms with Gasteiger partial charge in [0.15, 0.2) is 0 Å². The van der Waals surface area contributed by atoms with Gasteiger partial charge in [-0.2, -0.15) is 10.5 Å². The van der Waals surface area contributed by atoms with Crippen molar-refractivity contribution in [2.24, 2.45) is 0 Å². The van der Waals surface area contributed by atoms with Crippen LogP contribution in [0.4, 0.5) is 20.3 Å². The second-order valence-electron chi connectivity index (χ2n) is 7.89. The average molecular weight is 441 g/mol. The van der Waals surface area contributed by atoms with Crippen LogP contribution in [0.1, 0.15) is 24.8 Å². The summed E-state index contributed by atoms with van der Waals surface area (Å²) >= 11 is 0. The number of nitrogens with one attached hydrogen (secondary N) is 1. The molecule has 3 heterocycles. The molecule has 1 aliphatic heterocycles. The molecule has 0 amide bonds. The zero-order chi connectivity index (χ0) is 22.0. The minimum Gasteiger partial charge on any atom is -0.356 e. The Morgan fingerprint density at radius 2 is 2.03 bits per heavy atom. The molecule has 1 saturated heterocycles. The van der Waals surface area contributed by atoms with Gasteiger partial charge in [0.25, 0.3) is 0 Å². The van der Waals surface area contributed by atoms with Crippen molar-refractivity contribution in [3.63, 3.8) is 0 Å². The highest BCUT2D eigenvalue weighted by Crippen LogP contribution is 2.34. The van der Waals surface area contributed by atoms with E-state index < -0.39 is 5.92 Å². The normalized spacial score (nSPS) is 17.2. The zero-order valence-corrected chi connectivity index (χ0v) is 18.4. The van der Waals surface area contributed by atoms with Gasteiger partial charge in [0.2, 0.25) is 5.92 Å². The SMILES string of the molecule is C=C(Nc1cccc(S(=C)C)c1)c1cc2cnccc2nc1N1CCCC(F)(F)CC1. The fourth-order valence-electron chi connectivity index (χ4n) is 3.78. The van der Waals surface area contributed by atoms with E-state index in [0.717, 1.165) is 27.0 Å². The van der Waals surface area contributed by atoms with E-state index in [2.05, 4.69) is 41.1 Å². The Morgan fingerprint density at radius 1 is 1.19 bits per heavy atom. The minimum atomic E-state index is -2.63. The van der Waals surface area contributed by atoms with Crippen molar-refractivity contribution < 1.29 is 8.78 Å². The first-order valence-corrected chi connectivity index (χ1v) is 12.0. The van der Waals surface area contributed by atoms with Crippen LogP contribution in [-0.2, 0) is 0 Å². The Hall–Kier alpha value is -2.80. The van der Waals surface area contributed by atoms with Crippen LogP contribution in [-0.4, -0.2) is 41.1 Å². The van der Waals surface area contributed by atoms with Crippen LogP contribution in [0.2, 0.25) is 0 Å². The van der Waals surface area contributed by atoms with Gasteiger partial charge in [-0.15, -0.1) is 0 Å². The predicted molar refractivity (Wildman–Crippen MR) is 129 cm³/mol. The van der Waals surface area contributed by atoms with Crippen molar-refractivity contribution in [3.05, 3.63) is 60.9 Å². The Kier molecular flexibility index (Phi) is 6.05. The van der Waals surface area contributed by atoms with E-state index in [9.17, 15) is 8.78 Å². The molecule has 1 aromatic carbocycles. The maximum absolute atomic E-state index is 14.0. The van der Waals surface area contributed by atoms with Gasteiger partial charge < -0.3 is 10.2 Å². The number of hydrogen-bond donors (Lipinski definition) is 1. The van der Waals surface area contributed by atoms with Crippen molar-refractivity contribution in [1.29, 1.82) is 0 Å². The molecule has 0 bridgehead atoms. The van der Waals surface area contributed by atoms with Crippen molar-refractivity contribution in [3.8, 4) is 0 Å². The quantitative estimate of drug-likeness (QED) is 0.492. The zero-order valence-electron chi connectivity index (χ0n) is 17.6. The molecule has 4 nitrogen and oxygen atoms in total. The smallest absolute Gasteiger partial charge is 0.249 e. The van der Waals surface area contributed by atoms with Crippen LogP contribution in [0.15, 0.2) is 60.3 Å². The summed E-state index contributed by atoms with van der Waals surface area (Å²) < 4.78 is 27.9.